The van der Waals surface area contributed by atoms with Crippen molar-refractivity contribution in [3.8, 4) is 16.9 Å². The van der Waals surface area contributed by atoms with Gasteiger partial charge in [-0.2, -0.15) is 0 Å². The maximum atomic E-state index is 12.4. The molecule has 3 aromatic carbocycles. The molecule has 0 amide bonds. The first-order valence-electron chi connectivity index (χ1n) is 9.71. The summed E-state index contributed by atoms with van der Waals surface area (Å²) in [5.41, 5.74) is 3.30. The zero-order chi connectivity index (χ0) is 23.6. The average Bonchev–Trinajstić information content (AvgIpc) is 3.20. The van der Waals surface area contributed by atoms with Crippen LogP contribution in [0.4, 0.5) is 13.2 Å². The third kappa shape index (κ3) is 5.24. The first-order valence-corrected chi connectivity index (χ1v) is 11.2. The van der Waals surface area contributed by atoms with Crippen molar-refractivity contribution < 1.29 is 26.3 Å². The summed E-state index contributed by atoms with van der Waals surface area (Å²) < 4.78 is 67.7. The van der Waals surface area contributed by atoms with Gasteiger partial charge in [0.2, 0.25) is 10.0 Å². The van der Waals surface area contributed by atoms with Crippen molar-refractivity contribution in [2.45, 2.75) is 11.3 Å². The number of aromatic amines is 1. The van der Waals surface area contributed by atoms with Gasteiger partial charge in [-0.3, -0.25) is 0 Å². The summed E-state index contributed by atoms with van der Waals surface area (Å²) in [7, 11) is -2.28. The molecule has 4 rings (SSSR count). The Labute approximate surface area is 187 Å². The van der Waals surface area contributed by atoms with Gasteiger partial charge >= 0.3 is 6.36 Å². The van der Waals surface area contributed by atoms with E-state index in [-0.39, 0.29) is 10.6 Å². The molecule has 33 heavy (non-hydrogen) atoms. The molecular formula is C23H18F3N3O3S. The van der Waals surface area contributed by atoms with E-state index in [0.717, 1.165) is 5.52 Å². The molecule has 2 N–H and O–H groups in total. The van der Waals surface area contributed by atoms with Gasteiger partial charge in [-0.25, -0.2) is 18.1 Å². The van der Waals surface area contributed by atoms with Crippen LogP contribution in [0.25, 0.3) is 34.3 Å². The topological polar surface area (TPSA) is 84.1 Å². The Bertz CT molecular complexity index is 1430. The fourth-order valence-electron chi connectivity index (χ4n) is 3.28. The molecule has 4 aromatic rings. The van der Waals surface area contributed by atoms with Crippen molar-refractivity contribution in [1.82, 2.24) is 14.7 Å². The quantitative estimate of drug-likeness (QED) is 0.403. The van der Waals surface area contributed by atoms with E-state index in [0.29, 0.717) is 28.0 Å². The van der Waals surface area contributed by atoms with Crippen LogP contribution in [-0.2, 0) is 10.0 Å². The molecule has 0 fully saturated rings. The lowest BCUT2D eigenvalue weighted by Crippen LogP contribution is -2.19. The van der Waals surface area contributed by atoms with E-state index in [2.05, 4.69) is 19.4 Å². The third-order valence-corrected chi connectivity index (χ3v) is 6.28. The first-order chi connectivity index (χ1) is 15.6. The van der Waals surface area contributed by atoms with E-state index in [4.69, 9.17) is 0 Å². The lowest BCUT2D eigenvalue weighted by Gasteiger charge is -2.09. The van der Waals surface area contributed by atoms with Gasteiger partial charge in [0, 0.05) is 5.56 Å². The fraction of sp³-hybridized carbons (Fsp3) is 0.0870. The molecule has 1 aromatic heterocycles. The molecule has 0 unspecified atom stereocenters. The minimum Gasteiger partial charge on any atom is -0.406 e. The summed E-state index contributed by atoms with van der Waals surface area (Å²) in [6.07, 6.45) is -1.34. The highest BCUT2D eigenvalue weighted by molar-refractivity contribution is 7.89. The lowest BCUT2D eigenvalue weighted by atomic mass is 10.1. The molecule has 0 radical (unpaired) electrons. The number of ether oxygens (including phenoxy) is 1. The van der Waals surface area contributed by atoms with Crippen LogP contribution in [0.5, 0.6) is 5.75 Å². The monoisotopic (exact) mass is 473 g/mol. The maximum absolute atomic E-state index is 12.4. The number of benzene rings is 3. The van der Waals surface area contributed by atoms with Crippen LogP contribution in [0.1, 0.15) is 11.4 Å². The van der Waals surface area contributed by atoms with E-state index in [1.54, 1.807) is 48.6 Å². The van der Waals surface area contributed by atoms with Crippen LogP contribution in [0.2, 0.25) is 0 Å². The zero-order valence-corrected chi connectivity index (χ0v) is 18.0. The van der Waals surface area contributed by atoms with Crippen molar-refractivity contribution in [3.63, 3.8) is 0 Å². The Balaban J connectivity index is 1.60. The standard InChI is InChI=1S/C23H18F3N3O3S/c1-27-33(30,31)21-5-3-2-4-18(21)16-9-12-19-20(14-16)29-22(28-19)13-8-15-6-10-17(11-7-15)32-23(24,25)26/h2-14,27H,1H3,(H,28,29). The number of hydrogen-bond donors (Lipinski definition) is 2. The number of alkyl halides is 3. The van der Waals surface area contributed by atoms with Crippen LogP contribution < -0.4 is 9.46 Å². The zero-order valence-electron chi connectivity index (χ0n) is 17.2. The van der Waals surface area contributed by atoms with Crippen molar-refractivity contribution in [3.05, 3.63) is 78.1 Å². The number of rotatable bonds is 6. The number of imidazole rings is 1. The number of sulfonamides is 1. The van der Waals surface area contributed by atoms with Gasteiger partial charge < -0.3 is 9.72 Å². The van der Waals surface area contributed by atoms with Crippen molar-refractivity contribution in [1.29, 1.82) is 0 Å². The minimum absolute atomic E-state index is 0.167. The number of aromatic nitrogens is 2. The molecule has 170 valence electrons. The molecule has 6 nitrogen and oxygen atoms in total. The summed E-state index contributed by atoms with van der Waals surface area (Å²) in [5.74, 6) is 0.241. The average molecular weight is 473 g/mol. The molecule has 0 atom stereocenters. The SMILES string of the molecule is CNS(=O)(=O)c1ccccc1-c1ccc2[nH]c(C=Cc3ccc(OC(F)(F)F)cc3)nc2c1. The predicted octanol–water partition coefficient (Wildman–Crippen LogP) is 5.21. The van der Waals surface area contributed by atoms with Gasteiger partial charge in [0.25, 0.3) is 0 Å². The van der Waals surface area contributed by atoms with Crippen molar-refractivity contribution in [2.24, 2.45) is 0 Å². The smallest absolute Gasteiger partial charge is 0.406 e. The second-order valence-electron chi connectivity index (χ2n) is 7.01. The molecule has 0 aliphatic carbocycles. The highest BCUT2D eigenvalue weighted by Crippen LogP contribution is 2.29. The Morgan fingerprint density at radius 3 is 2.42 bits per heavy atom. The summed E-state index contributed by atoms with van der Waals surface area (Å²) >= 11 is 0. The predicted molar refractivity (Wildman–Crippen MR) is 120 cm³/mol. The van der Waals surface area contributed by atoms with Crippen molar-refractivity contribution in [2.75, 3.05) is 7.05 Å². The Morgan fingerprint density at radius 1 is 1.00 bits per heavy atom. The van der Waals surface area contributed by atoms with Gasteiger partial charge in [-0.05, 0) is 54.6 Å². The van der Waals surface area contributed by atoms with E-state index in [1.165, 1.54) is 37.4 Å². The fourth-order valence-corrected chi connectivity index (χ4v) is 4.23. The normalized spacial score (nSPS) is 12.5. The van der Waals surface area contributed by atoms with E-state index < -0.39 is 16.4 Å². The van der Waals surface area contributed by atoms with Crippen LogP contribution in [0.3, 0.4) is 0 Å². The molecule has 1 heterocycles. The highest BCUT2D eigenvalue weighted by Gasteiger charge is 2.30. The molecule has 0 saturated carbocycles. The van der Waals surface area contributed by atoms with Crippen LogP contribution >= 0.6 is 0 Å². The van der Waals surface area contributed by atoms with Gasteiger partial charge in [0.15, 0.2) is 0 Å². The molecule has 0 aliphatic heterocycles. The number of nitrogens with one attached hydrogen (secondary N) is 2. The Hall–Kier alpha value is -3.63. The van der Waals surface area contributed by atoms with Crippen LogP contribution in [-0.4, -0.2) is 31.8 Å². The first kappa shape index (κ1) is 22.6. The third-order valence-electron chi connectivity index (χ3n) is 4.81. The summed E-state index contributed by atoms with van der Waals surface area (Å²) in [6.45, 7) is 0. The summed E-state index contributed by atoms with van der Waals surface area (Å²) in [4.78, 5) is 7.82. The molecule has 0 saturated heterocycles. The van der Waals surface area contributed by atoms with Crippen molar-refractivity contribution >= 4 is 33.2 Å². The van der Waals surface area contributed by atoms with Gasteiger partial charge in [-0.1, -0.05) is 42.5 Å². The van der Waals surface area contributed by atoms with E-state index in [9.17, 15) is 21.6 Å². The van der Waals surface area contributed by atoms with Gasteiger partial charge in [0.05, 0.1) is 15.9 Å². The second-order valence-corrected chi connectivity index (χ2v) is 8.86. The van der Waals surface area contributed by atoms with Gasteiger partial charge in [0.1, 0.15) is 11.6 Å². The number of H-pyrrole nitrogens is 1. The summed E-state index contributed by atoms with van der Waals surface area (Å²) in [6, 6.07) is 17.5. The van der Waals surface area contributed by atoms with Crippen LogP contribution in [0, 0.1) is 0 Å². The summed E-state index contributed by atoms with van der Waals surface area (Å²) in [5, 5.41) is 0. The number of nitrogens with zero attached hydrogens (tertiary/aromatic N) is 1. The molecule has 0 aliphatic rings. The largest absolute Gasteiger partial charge is 0.573 e. The Morgan fingerprint density at radius 2 is 1.73 bits per heavy atom. The minimum atomic E-state index is -4.73. The van der Waals surface area contributed by atoms with E-state index >= 15 is 0 Å². The number of hydrogen-bond acceptors (Lipinski definition) is 4. The second kappa shape index (κ2) is 8.72. The number of halogens is 3. The molecular weight excluding hydrogens is 455 g/mol. The number of fused-ring (bicyclic) bond motifs is 1. The van der Waals surface area contributed by atoms with Crippen LogP contribution in [0.15, 0.2) is 71.6 Å². The molecule has 0 spiro atoms. The van der Waals surface area contributed by atoms with E-state index in [1.807, 2.05) is 0 Å². The Kier molecular flexibility index (Phi) is 5.96. The maximum Gasteiger partial charge on any atom is 0.573 e. The highest BCUT2D eigenvalue weighted by atomic mass is 32.2. The molecule has 10 heteroatoms. The lowest BCUT2D eigenvalue weighted by molar-refractivity contribution is -0.274. The molecule has 0 bridgehead atoms. The van der Waals surface area contributed by atoms with Gasteiger partial charge in [-0.15, -0.1) is 13.2 Å².